The first kappa shape index (κ1) is 25.3. The molecule has 0 aliphatic carbocycles. The highest BCUT2D eigenvalue weighted by Crippen LogP contribution is 2.31. The topological polar surface area (TPSA) is 95.6 Å². The predicted octanol–water partition coefficient (Wildman–Crippen LogP) is 6.17. The van der Waals surface area contributed by atoms with Gasteiger partial charge in [-0.05, 0) is 53.4 Å². The molecule has 2 atom stereocenters. The SMILES string of the molecule is Nc1c(Cl)cc(C(O)CNCCCCCCC(C(=O)O)c2cccc3ccccc23)cc1Cl. The third kappa shape index (κ3) is 6.84. The molecule has 5 N–H and O–H groups in total. The lowest BCUT2D eigenvalue weighted by molar-refractivity contribution is -0.139. The Hall–Kier alpha value is -2.31. The first-order valence-corrected chi connectivity index (χ1v) is 12.0. The van der Waals surface area contributed by atoms with Gasteiger partial charge in [-0.1, -0.05) is 84.9 Å². The third-order valence-corrected chi connectivity index (χ3v) is 6.54. The van der Waals surface area contributed by atoms with Crippen LogP contribution in [0.2, 0.25) is 10.0 Å². The van der Waals surface area contributed by atoms with Crippen molar-refractivity contribution < 1.29 is 15.0 Å². The Bertz CT molecular complexity index is 1060. The predicted molar refractivity (Wildman–Crippen MR) is 136 cm³/mol. The van der Waals surface area contributed by atoms with E-state index in [1.807, 2.05) is 42.5 Å². The van der Waals surface area contributed by atoms with Crippen molar-refractivity contribution >= 4 is 45.6 Å². The van der Waals surface area contributed by atoms with Gasteiger partial charge in [0.15, 0.2) is 0 Å². The first-order valence-electron chi connectivity index (χ1n) is 11.2. The number of carboxylic acids is 1. The number of carboxylic acid groups (broad SMARTS) is 1. The lowest BCUT2D eigenvalue weighted by Gasteiger charge is -2.16. The van der Waals surface area contributed by atoms with Crippen molar-refractivity contribution in [2.24, 2.45) is 0 Å². The summed E-state index contributed by atoms with van der Waals surface area (Å²) in [5.74, 6) is -1.27. The Morgan fingerprint density at radius 1 is 0.970 bits per heavy atom. The molecule has 0 saturated carbocycles. The second-order valence-corrected chi connectivity index (χ2v) is 9.09. The number of aliphatic hydroxyl groups is 1. The molecule has 3 aromatic rings. The van der Waals surface area contributed by atoms with E-state index in [-0.39, 0.29) is 0 Å². The van der Waals surface area contributed by atoms with Crippen LogP contribution in [0.3, 0.4) is 0 Å². The van der Waals surface area contributed by atoms with Crippen molar-refractivity contribution in [3.8, 4) is 0 Å². The molecule has 0 aliphatic rings. The van der Waals surface area contributed by atoms with Crippen LogP contribution in [-0.2, 0) is 4.79 Å². The van der Waals surface area contributed by atoms with Gasteiger partial charge in [0.05, 0.1) is 27.8 Å². The Kier molecular flexibility index (Phi) is 9.39. The fourth-order valence-electron chi connectivity index (χ4n) is 4.07. The van der Waals surface area contributed by atoms with Crippen LogP contribution in [0.25, 0.3) is 10.8 Å². The monoisotopic (exact) mass is 488 g/mol. The zero-order valence-electron chi connectivity index (χ0n) is 18.4. The molecule has 0 spiro atoms. The molecule has 0 radical (unpaired) electrons. The van der Waals surface area contributed by atoms with Crippen LogP contribution in [0, 0.1) is 0 Å². The molecule has 7 heteroatoms. The third-order valence-electron chi connectivity index (χ3n) is 5.92. The maximum atomic E-state index is 11.9. The molecular weight excluding hydrogens is 459 g/mol. The number of fused-ring (bicyclic) bond motifs is 1. The number of hydrogen-bond donors (Lipinski definition) is 4. The molecule has 0 bridgehead atoms. The van der Waals surface area contributed by atoms with E-state index < -0.39 is 18.0 Å². The van der Waals surface area contributed by atoms with Crippen LogP contribution in [0.4, 0.5) is 5.69 Å². The number of aliphatic hydroxyl groups excluding tert-OH is 1. The molecule has 3 aromatic carbocycles. The van der Waals surface area contributed by atoms with E-state index in [0.717, 1.165) is 48.6 Å². The highest BCUT2D eigenvalue weighted by atomic mass is 35.5. The summed E-state index contributed by atoms with van der Waals surface area (Å²) in [5, 5.41) is 26.1. The van der Waals surface area contributed by atoms with Crippen LogP contribution in [0.15, 0.2) is 54.6 Å². The molecule has 0 saturated heterocycles. The standard InChI is InChI=1S/C26H30Cl2N2O3/c27-22-14-18(15-23(28)25(22)29)24(31)16-30-13-6-2-1-3-11-21(26(32)33)20-12-7-9-17-8-4-5-10-19(17)20/h4-5,7-10,12,14-15,21,24,30-31H,1-3,6,11,13,16,29H2,(H,32,33). The van der Waals surface area contributed by atoms with Gasteiger partial charge in [-0.25, -0.2) is 0 Å². The summed E-state index contributed by atoms with van der Waals surface area (Å²) in [4.78, 5) is 11.9. The number of hydrogen-bond acceptors (Lipinski definition) is 4. The number of nitrogens with two attached hydrogens (primary N) is 1. The summed E-state index contributed by atoms with van der Waals surface area (Å²) >= 11 is 12.1. The number of halogens is 2. The molecule has 0 aliphatic heterocycles. The quantitative estimate of drug-likeness (QED) is 0.180. The van der Waals surface area contributed by atoms with Crippen molar-refractivity contribution in [1.82, 2.24) is 5.32 Å². The Labute approximate surface area is 204 Å². The van der Waals surface area contributed by atoms with Crippen LogP contribution in [-0.4, -0.2) is 29.3 Å². The number of aliphatic carboxylic acids is 1. The zero-order chi connectivity index (χ0) is 23.8. The number of benzene rings is 3. The highest BCUT2D eigenvalue weighted by molar-refractivity contribution is 6.38. The molecule has 0 aromatic heterocycles. The van der Waals surface area contributed by atoms with Crippen LogP contribution >= 0.6 is 23.2 Å². The lowest BCUT2D eigenvalue weighted by atomic mass is 9.89. The summed E-state index contributed by atoms with van der Waals surface area (Å²) in [6, 6.07) is 17.1. The van der Waals surface area contributed by atoms with Gasteiger partial charge in [0.25, 0.3) is 0 Å². The molecular formula is C26H30Cl2N2O3. The van der Waals surface area contributed by atoms with Gasteiger partial charge in [0, 0.05) is 6.54 Å². The Morgan fingerprint density at radius 3 is 2.36 bits per heavy atom. The van der Waals surface area contributed by atoms with Crippen molar-refractivity contribution in [1.29, 1.82) is 0 Å². The number of anilines is 1. The molecule has 2 unspecified atom stereocenters. The molecule has 0 fully saturated rings. The van der Waals surface area contributed by atoms with E-state index in [1.165, 1.54) is 0 Å². The van der Waals surface area contributed by atoms with Crippen molar-refractivity contribution in [2.75, 3.05) is 18.8 Å². The zero-order valence-corrected chi connectivity index (χ0v) is 19.9. The average Bonchev–Trinajstić information content (AvgIpc) is 2.80. The first-order chi connectivity index (χ1) is 15.9. The van der Waals surface area contributed by atoms with E-state index in [1.54, 1.807) is 12.1 Å². The number of nitrogens with one attached hydrogen (secondary N) is 1. The second kappa shape index (κ2) is 12.2. The van der Waals surface area contributed by atoms with Gasteiger partial charge in [0.2, 0.25) is 0 Å². The molecule has 0 amide bonds. The molecule has 0 heterocycles. The van der Waals surface area contributed by atoms with Crippen molar-refractivity contribution in [2.45, 2.75) is 44.1 Å². The van der Waals surface area contributed by atoms with E-state index in [2.05, 4.69) is 5.32 Å². The molecule has 3 rings (SSSR count). The fourth-order valence-corrected chi connectivity index (χ4v) is 4.58. The number of carbonyl (C=O) groups is 1. The van der Waals surface area contributed by atoms with Crippen LogP contribution in [0.1, 0.15) is 55.3 Å². The van der Waals surface area contributed by atoms with Crippen LogP contribution in [0.5, 0.6) is 0 Å². The normalized spacial score (nSPS) is 13.2. The molecule has 176 valence electrons. The van der Waals surface area contributed by atoms with Gasteiger partial charge < -0.3 is 21.3 Å². The van der Waals surface area contributed by atoms with Gasteiger partial charge in [-0.15, -0.1) is 0 Å². The van der Waals surface area contributed by atoms with Gasteiger partial charge in [-0.2, -0.15) is 0 Å². The Morgan fingerprint density at radius 2 is 1.64 bits per heavy atom. The summed E-state index contributed by atoms with van der Waals surface area (Å²) in [7, 11) is 0. The summed E-state index contributed by atoms with van der Waals surface area (Å²) < 4.78 is 0. The summed E-state index contributed by atoms with van der Waals surface area (Å²) in [5.41, 5.74) is 7.56. The van der Waals surface area contributed by atoms with Crippen molar-refractivity contribution in [3.63, 3.8) is 0 Å². The maximum Gasteiger partial charge on any atom is 0.310 e. The number of unbranched alkanes of at least 4 members (excludes halogenated alkanes) is 3. The van der Waals surface area contributed by atoms with Crippen molar-refractivity contribution in [3.05, 3.63) is 75.8 Å². The fraction of sp³-hybridized carbons (Fsp3) is 0.346. The van der Waals surface area contributed by atoms with E-state index in [0.29, 0.717) is 34.3 Å². The minimum absolute atomic E-state index is 0.313. The highest BCUT2D eigenvalue weighted by Gasteiger charge is 2.21. The van der Waals surface area contributed by atoms with Gasteiger partial charge in [0.1, 0.15) is 0 Å². The molecule has 33 heavy (non-hydrogen) atoms. The number of nitrogen functional groups attached to an aromatic ring is 1. The van der Waals surface area contributed by atoms with Gasteiger partial charge in [-0.3, -0.25) is 4.79 Å². The average molecular weight is 489 g/mol. The van der Waals surface area contributed by atoms with E-state index >= 15 is 0 Å². The second-order valence-electron chi connectivity index (χ2n) is 8.28. The Balaban J connectivity index is 1.39. The maximum absolute atomic E-state index is 11.9. The largest absolute Gasteiger partial charge is 0.481 e. The van der Waals surface area contributed by atoms with Gasteiger partial charge >= 0.3 is 5.97 Å². The summed E-state index contributed by atoms with van der Waals surface area (Å²) in [6.07, 6.45) is 3.64. The van der Waals surface area contributed by atoms with E-state index in [9.17, 15) is 15.0 Å². The van der Waals surface area contributed by atoms with Crippen LogP contribution < -0.4 is 11.1 Å². The van der Waals surface area contributed by atoms with E-state index in [4.69, 9.17) is 28.9 Å². The summed E-state index contributed by atoms with van der Waals surface area (Å²) in [6.45, 7) is 1.15. The minimum Gasteiger partial charge on any atom is -0.481 e. The minimum atomic E-state index is -0.773. The number of rotatable bonds is 12. The lowest BCUT2D eigenvalue weighted by Crippen LogP contribution is -2.22. The smallest absolute Gasteiger partial charge is 0.310 e. The molecule has 5 nitrogen and oxygen atoms in total.